The first-order valence-electron chi connectivity index (χ1n) is 6.43. The zero-order chi connectivity index (χ0) is 13.1. The van der Waals surface area contributed by atoms with Crippen LogP contribution in [-0.4, -0.2) is 47.0 Å². The number of piperazine rings is 1. The summed E-state index contributed by atoms with van der Waals surface area (Å²) in [4.78, 5) is 22.9. The topological polar surface area (TPSA) is 58.1 Å². The Bertz CT molecular complexity index is 444. The first-order chi connectivity index (χ1) is 8.59. The van der Waals surface area contributed by atoms with E-state index in [0.29, 0.717) is 5.56 Å². The largest absolute Gasteiger partial charge is 0.336 e. The number of carbonyl (C=O) groups is 1. The predicted octanol–water partition coefficient (Wildman–Crippen LogP) is 1.38. The maximum atomic E-state index is 12.5. The van der Waals surface area contributed by atoms with Crippen LogP contribution in [-0.2, 0) is 0 Å². The van der Waals surface area contributed by atoms with Crippen LogP contribution < -0.4 is 5.32 Å². The van der Waals surface area contributed by atoms with Crippen molar-refractivity contribution in [2.75, 3.05) is 26.2 Å². The van der Waals surface area contributed by atoms with Gasteiger partial charge in [0.1, 0.15) is 5.82 Å². The molecule has 0 radical (unpaired) electrons. The summed E-state index contributed by atoms with van der Waals surface area (Å²) in [6.07, 6.45) is 1.67. The minimum atomic E-state index is 0. The minimum Gasteiger partial charge on any atom is -0.336 e. The number of aromatic nitrogens is 2. The Hall–Kier alpha value is -1.20. The SMILES string of the molecule is Cc1ncc(C(=O)N2CCNCC2)c(C(C)C)n1.Cl. The fourth-order valence-electron chi connectivity index (χ4n) is 2.13. The monoisotopic (exact) mass is 284 g/mol. The lowest BCUT2D eigenvalue weighted by Crippen LogP contribution is -2.46. The van der Waals surface area contributed by atoms with Gasteiger partial charge in [0.25, 0.3) is 5.91 Å². The minimum absolute atomic E-state index is 0. The summed E-state index contributed by atoms with van der Waals surface area (Å²) in [6.45, 7) is 9.18. The maximum Gasteiger partial charge on any atom is 0.257 e. The van der Waals surface area contributed by atoms with Crippen LogP contribution in [0.1, 0.15) is 41.6 Å². The number of nitrogens with zero attached hydrogens (tertiary/aromatic N) is 3. The van der Waals surface area contributed by atoms with Crippen molar-refractivity contribution in [1.29, 1.82) is 0 Å². The van der Waals surface area contributed by atoms with Gasteiger partial charge >= 0.3 is 0 Å². The first-order valence-corrected chi connectivity index (χ1v) is 6.43. The third kappa shape index (κ3) is 3.64. The Morgan fingerprint density at radius 3 is 2.58 bits per heavy atom. The number of hydrogen-bond donors (Lipinski definition) is 1. The van der Waals surface area contributed by atoms with Gasteiger partial charge in [-0.15, -0.1) is 12.4 Å². The third-order valence-corrected chi connectivity index (χ3v) is 3.12. The van der Waals surface area contributed by atoms with Gasteiger partial charge in [-0.2, -0.15) is 0 Å². The summed E-state index contributed by atoms with van der Waals surface area (Å²) in [6, 6.07) is 0. The van der Waals surface area contributed by atoms with E-state index >= 15 is 0 Å². The van der Waals surface area contributed by atoms with Crippen molar-refractivity contribution in [3.63, 3.8) is 0 Å². The van der Waals surface area contributed by atoms with E-state index in [2.05, 4.69) is 29.1 Å². The molecule has 2 heterocycles. The fraction of sp³-hybridized carbons (Fsp3) is 0.615. The van der Waals surface area contributed by atoms with Gasteiger partial charge in [-0.05, 0) is 12.8 Å². The normalized spacial score (nSPS) is 15.3. The lowest BCUT2D eigenvalue weighted by molar-refractivity contribution is 0.0733. The van der Waals surface area contributed by atoms with E-state index in [1.54, 1.807) is 6.20 Å². The van der Waals surface area contributed by atoms with Crippen LogP contribution >= 0.6 is 12.4 Å². The van der Waals surface area contributed by atoms with Gasteiger partial charge in [0, 0.05) is 32.4 Å². The zero-order valence-corrected chi connectivity index (χ0v) is 12.5. The molecule has 1 saturated heterocycles. The Morgan fingerprint density at radius 2 is 2.00 bits per heavy atom. The molecule has 0 spiro atoms. The molecule has 0 atom stereocenters. The van der Waals surface area contributed by atoms with Gasteiger partial charge in [0.15, 0.2) is 0 Å². The second-order valence-electron chi connectivity index (χ2n) is 4.91. The van der Waals surface area contributed by atoms with E-state index in [4.69, 9.17) is 0 Å². The van der Waals surface area contributed by atoms with Crippen LogP contribution in [0.25, 0.3) is 0 Å². The van der Waals surface area contributed by atoms with Gasteiger partial charge in [-0.1, -0.05) is 13.8 Å². The van der Waals surface area contributed by atoms with Crippen molar-refractivity contribution < 1.29 is 4.79 Å². The molecule has 1 fully saturated rings. The van der Waals surface area contributed by atoms with Crippen molar-refractivity contribution in [2.45, 2.75) is 26.7 Å². The number of aryl methyl sites for hydroxylation is 1. The Morgan fingerprint density at radius 1 is 1.37 bits per heavy atom. The summed E-state index contributed by atoms with van der Waals surface area (Å²) in [5, 5.41) is 3.24. The van der Waals surface area contributed by atoms with Crippen molar-refractivity contribution in [1.82, 2.24) is 20.2 Å². The highest BCUT2D eigenvalue weighted by atomic mass is 35.5. The smallest absolute Gasteiger partial charge is 0.257 e. The van der Waals surface area contributed by atoms with Crippen LogP contribution in [0.2, 0.25) is 0 Å². The standard InChI is InChI=1S/C13H20N4O.ClH/c1-9(2)12-11(8-15-10(3)16-12)13(18)17-6-4-14-5-7-17;/h8-9,14H,4-7H2,1-3H3;1H. The Labute approximate surface area is 120 Å². The first kappa shape index (κ1) is 15.9. The van der Waals surface area contributed by atoms with Crippen LogP contribution in [0.4, 0.5) is 0 Å². The molecule has 2 rings (SSSR count). The van der Waals surface area contributed by atoms with Crippen molar-refractivity contribution in [3.8, 4) is 0 Å². The summed E-state index contributed by atoms with van der Waals surface area (Å²) < 4.78 is 0. The van der Waals surface area contributed by atoms with Crippen LogP contribution in [0.15, 0.2) is 6.20 Å². The molecule has 1 aliphatic heterocycles. The molecule has 19 heavy (non-hydrogen) atoms. The van der Waals surface area contributed by atoms with Crippen molar-refractivity contribution in [2.24, 2.45) is 0 Å². The van der Waals surface area contributed by atoms with Gasteiger partial charge < -0.3 is 10.2 Å². The number of amides is 1. The molecule has 0 bridgehead atoms. The molecule has 6 heteroatoms. The van der Waals surface area contributed by atoms with Gasteiger partial charge in [-0.25, -0.2) is 9.97 Å². The predicted molar refractivity (Wildman–Crippen MR) is 76.9 cm³/mol. The van der Waals surface area contributed by atoms with E-state index in [0.717, 1.165) is 37.7 Å². The molecule has 0 saturated carbocycles. The molecule has 0 aromatic carbocycles. The third-order valence-electron chi connectivity index (χ3n) is 3.12. The van der Waals surface area contributed by atoms with E-state index in [1.807, 2.05) is 11.8 Å². The number of carbonyl (C=O) groups excluding carboxylic acids is 1. The second kappa shape index (κ2) is 6.82. The molecule has 5 nitrogen and oxygen atoms in total. The lowest BCUT2D eigenvalue weighted by atomic mass is 10.0. The highest BCUT2D eigenvalue weighted by Gasteiger charge is 2.22. The highest BCUT2D eigenvalue weighted by Crippen LogP contribution is 2.18. The molecule has 1 aromatic rings. The quantitative estimate of drug-likeness (QED) is 0.891. The Balaban J connectivity index is 0.00000180. The molecular formula is C13H21ClN4O. The lowest BCUT2D eigenvalue weighted by Gasteiger charge is -2.28. The molecule has 1 aliphatic rings. The van der Waals surface area contributed by atoms with Crippen LogP contribution in [0, 0.1) is 6.92 Å². The zero-order valence-electron chi connectivity index (χ0n) is 11.6. The van der Waals surface area contributed by atoms with Crippen LogP contribution in [0.5, 0.6) is 0 Å². The number of halogens is 1. The van der Waals surface area contributed by atoms with E-state index < -0.39 is 0 Å². The summed E-state index contributed by atoms with van der Waals surface area (Å²) in [5.41, 5.74) is 1.50. The van der Waals surface area contributed by atoms with E-state index in [1.165, 1.54) is 0 Å². The average molecular weight is 285 g/mol. The van der Waals surface area contributed by atoms with Gasteiger partial charge in [0.05, 0.1) is 11.3 Å². The maximum absolute atomic E-state index is 12.5. The molecule has 0 unspecified atom stereocenters. The second-order valence-corrected chi connectivity index (χ2v) is 4.91. The van der Waals surface area contributed by atoms with E-state index in [-0.39, 0.29) is 24.2 Å². The van der Waals surface area contributed by atoms with Crippen LogP contribution in [0.3, 0.4) is 0 Å². The highest BCUT2D eigenvalue weighted by molar-refractivity contribution is 5.95. The molecule has 0 aliphatic carbocycles. The summed E-state index contributed by atoms with van der Waals surface area (Å²) >= 11 is 0. The number of nitrogens with one attached hydrogen (secondary N) is 1. The molecule has 1 N–H and O–H groups in total. The van der Waals surface area contributed by atoms with E-state index in [9.17, 15) is 4.79 Å². The number of hydrogen-bond acceptors (Lipinski definition) is 4. The molecule has 1 amide bonds. The van der Waals surface area contributed by atoms with Gasteiger partial charge in [0.2, 0.25) is 0 Å². The van der Waals surface area contributed by atoms with Crippen molar-refractivity contribution in [3.05, 3.63) is 23.3 Å². The summed E-state index contributed by atoms with van der Waals surface area (Å²) in [5.74, 6) is 1.00. The Kier molecular flexibility index (Phi) is 5.69. The molecule has 1 aromatic heterocycles. The molecular weight excluding hydrogens is 264 g/mol. The molecule has 106 valence electrons. The fourth-order valence-corrected chi connectivity index (χ4v) is 2.13. The van der Waals surface area contributed by atoms with Gasteiger partial charge in [-0.3, -0.25) is 4.79 Å². The number of rotatable bonds is 2. The van der Waals surface area contributed by atoms with Crippen molar-refractivity contribution >= 4 is 18.3 Å². The summed E-state index contributed by atoms with van der Waals surface area (Å²) in [7, 11) is 0. The average Bonchev–Trinajstić information content (AvgIpc) is 2.39.